The highest BCUT2D eigenvalue weighted by atomic mass is 19.4. The molecule has 0 amide bonds. The van der Waals surface area contributed by atoms with Gasteiger partial charge in [0.1, 0.15) is 0 Å². The van der Waals surface area contributed by atoms with Crippen molar-refractivity contribution in [3.8, 4) is 17.7 Å². The molecule has 0 radical (unpaired) electrons. The summed E-state index contributed by atoms with van der Waals surface area (Å²) >= 11 is 0. The van der Waals surface area contributed by atoms with Gasteiger partial charge in [0.25, 0.3) is 5.56 Å². The smallest absolute Gasteiger partial charge is 0.438 e. The van der Waals surface area contributed by atoms with Crippen LogP contribution in [0.2, 0.25) is 0 Å². The number of halogens is 3. The topological polar surface area (TPSA) is 103 Å². The minimum absolute atomic E-state index is 0.0272. The second-order valence-corrected chi connectivity index (χ2v) is 7.89. The van der Waals surface area contributed by atoms with Crippen molar-refractivity contribution in [3.63, 3.8) is 0 Å². The summed E-state index contributed by atoms with van der Waals surface area (Å²) in [6.07, 6.45) is -6.41. The van der Waals surface area contributed by atoms with E-state index in [2.05, 4.69) is 27.0 Å². The maximum absolute atomic E-state index is 13.1. The summed E-state index contributed by atoms with van der Waals surface area (Å²) in [5.41, 5.74) is 0.251. The first kappa shape index (κ1) is 24.1. The molecule has 1 aliphatic rings. The molecule has 0 spiro atoms. The summed E-state index contributed by atoms with van der Waals surface area (Å²) in [5, 5.41) is 2.70. The lowest BCUT2D eigenvalue weighted by Gasteiger charge is -2.33. The number of carbonyl (C=O) groups excluding carboxylic acids is 1. The fourth-order valence-electron chi connectivity index (χ4n) is 3.76. The summed E-state index contributed by atoms with van der Waals surface area (Å²) in [4.78, 5) is 43.5. The van der Waals surface area contributed by atoms with Crippen LogP contribution in [0.4, 0.5) is 19.1 Å². The quantitative estimate of drug-likeness (QED) is 0.429. The van der Waals surface area contributed by atoms with Crippen LogP contribution in [0.1, 0.15) is 12.5 Å². The lowest BCUT2D eigenvalue weighted by molar-refractivity contribution is -0.206. The van der Waals surface area contributed by atoms with Gasteiger partial charge in [0.05, 0.1) is 12.2 Å². The van der Waals surface area contributed by atoms with Gasteiger partial charge < -0.3 is 9.64 Å². The number of alkyl halides is 3. The minimum Gasteiger partial charge on any atom is -0.438 e. The van der Waals surface area contributed by atoms with Gasteiger partial charge in [-0.05, 0) is 26.0 Å². The van der Waals surface area contributed by atoms with Crippen LogP contribution in [-0.2, 0) is 16.6 Å². The molecule has 1 saturated heterocycles. The third-order valence-electron chi connectivity index (χ3n) is 5.46. The molecule has 1 aliphatic heterocycles. The number of rotatable bonds is 3. The van der Waals surface area contributed by atoms with Crippen molar-refractivity contribution < 1.29 is 22.7 Å². The van der Waals surface area contributed by atoms with Crippen LogP contribution in [0.3, 0.4) is 0 Å². The maximum atomic E-state index is 13.1. The normalized spacial score (nSPS) is 16.2. The molecule has 13 heteroatoms. The molecular formula is C22H21F3N6O4. The van der Waals surface area contributed by atoms with E-state index in [4.69, 9.17) is 0 Å². The number of nitrogens with one attached hydrogen (secondary N) is 1. The monoisotopic (exact) mass is 490 g/mol. The molecular weight excluding hydrogens is 469 g/mol. The van der Waals surface area contributed by atoms with Crippen molar-refractivity contribution in [2.24, 2.45) is 7.05 Å². The molecule has 1 atom stereocenters. The standard InChI is InChI=1S/C22H21F3N6O4/c1-4-10-30-16-17(31(21(34)28(3)18(16)32)14-7-5-13(2)6-8-14)27-20(30)29-11-9-26-15(12-29)35-19(33)22(23,24)25/h5-8,15,26H,9,11-12H2,1-3H3. The van der Waals surface area contributed by atoms with Crippen molar-refractivity contribution >= 4 is 23.1 Å². The van der Waals surface area contributed by atoms with E-state index in [1.807, 2.05) is 6.92 Å². The Balaban J connectivity index is 1.88. The lowest BCUT2D eigenvalue weighted by Crippen LogP contribution is -2.54. The first-order chi connectivity index (χ1) is 16.5. The van der Waals surface area contributed by atoms with E-state index in [1.165, 1.54) is 16.2 Å². The Hall–Kier alpha value is -4.05. The summed E-state index contributed by atoms with van der Waals surface area (Å²) in [6, 6.07) is 9.81. The number of fused-ring (bicyclic) bond motifs is 1. The van der Waals surface area contributed by atoms with Crippen LogP contribution in [0, 0.1) is 18.9 Å². The second kappa shape index (κ2) is 8.95. The number of aromatic nitrogens is 4. The third-order valence-corrected chi connectivity index (χ3v) is 5.46. The van der Waals surface area contributed by atoms with Gasteiger partial charge in [0.2, 0.25) is 5.95 Å². The Kier molecular flexibility index (Phi) is 6.16. The minimum atomic E-state index is -5.14. The molecule has 10 nitrogen and oxygen atoms in total. The van der Waals surface area contributed by atoms with Crippen molar-refractivity contribution in [3.05, 3.63) is 50.7 Å². The van der Waals surface area contributed by atoms with Crippen LogP contribution in [0.25, 0.3) is 16.9 Å². The van der Waals surface area contributed by atoms with Crippen molar-refractivity contribution in [2.45, 2.75) is 26.3 Å². The third kappa shape index (κ3) is 4.40. The zero-order valence-electron chi connectivity index (χ0n) is 19.0. The molecule has 3 heterocycles. The van der Waals surface area contributed by atoms with Gasteiger partial charge in [-0.1, -0.05) is 23.6 Å². The van der Waals surface area contributed by atoms with Crippen molar-refractivity contribution in [1.82, 2.24) is 24.0 Å². The number of anilines is 1. The van der Waals surface area contributed by atoms with Crippen molar-refractivity contribution in [2.75, 3.05) is 24.5 Å². The van der Waals surface area contributed by atoms with Crippen molar-refractivity contribution in [1.29, 1.82) is 0 Å². The molecule has 2 aromatic heterocycles. The van der Waals surface area contributed by atoms with Gasteiger partial charge in [-0.2, -0.15) is 18.2 Å². The number of benzene rings is 1. The zero-order chi connectivity index (χ0) is 25.5. The van der Waals surface area contributed by atoms with Gasteiger partial charge in [0, 0.05) is 26.2 Å². The predicted molar refractivity (Wildman–Crippen MR) is 120 cm³/mol. The maximum Gasteiger partial charge on any atom is 0.490 e. The molecule has 184 valence electrons. The average molecular weight is 490 g/mol. The van der Waals surface area contributed by atoms with Crippen LogP contribution in [0.5, 0.6) is 0 Å². The fourth-order valence-corrected chi connectivity index (χ4v) is 3.76. The highest BCUT2D eigenvalue weighted by Crippen LogP contribution is 2.23. The largest absolute Gasteiger partial charge is 0.490 e. The number of hydrogen-bond donors (Lipinski definition) is 1. The average Bonchev–Trinajstić information content (AvgIpc) is 3.17. The number of aryl methyl sites for hydroxylation is 1. The number of imidazole rings is 1. The van der Waals surface area contributed by atoms with Crippen LogP contribution >= 0.6 is 0 Å². The number of esters is 1. The molecule has 0 bridgehead atoms. The van der Waals surface area contributed by atoms with Crippen LogP contribution in [0.15, 0.2) is 33.9 Å². The molecule has 4 rings (SSSR count). The molecule has 0 aliphatic carbocycles. The van der Waals surface area contributed by atoms with Gasteiger partial charge in [-0.25, -0.2) is 18.7 Å². The van der Waals surface area contributed by atoms with E-state index in [1.54, 1.807) is 36.1 Å². The molecule has 0 saturated carbocycles. The van der Waals surface area contributed by atoms with Crippen LogP contribution < -0.4 is 21.5 Å². The Morgan fingerprint density at radius 2 is 1.91 bits per heavy atom. The first-order valence-corrected chi connectivity index (χ1v) is 10.5. The lowest BCUT2D eigenvalue weighted by atomic mass is 10.2. The second-order valence-electron chi connectivity index (χ2n) is 7.89. The highest BCUT2D eigenvalue weighted by Gasteiger charge is 2.43. The van der Waals surface area contributed by atoms with Gasteiger partial charge >= 0.3 is 17.8 Å². The Labute approximate surface area is 196 Å². The number of nitrogens with zero attached hydrogens (tertiary/aromatic N) is 5. The summed E-state index contributed by atoms with van der Waals surface area (Å²) < 4.78 is 46.0. The number of carbonyl (C=O) groups is 1. The number of ether oxygens (including phenoxy) is 1. The van der Waals surface area contributed by atoms with E-state index in [9.17, 15) is 27.6 Å². The summed E-state index contributed by atoms with van der Waals surface area (Å²) in [6.45, 7) is 3.68. The van der Waals surface area contributed by atoms with E-state index >= 15 is 0 Å². The van der Waals surface area contributed by atoms with Gasteiger partial charge in [-0.3, -0.25) is 14.7 Å². The van der Waals surface area contributed by atoms with E-state index in [-0.39, 0.29) is 36.7 Å². The summed E-state index contributed by atoms with van der Waals surface area (Å²) in [5.74, 6) is 0.507. The number of piperazine rings is 1. The SMILES string of the molecule is CC#Cn1c(N2CCNC(OC(=O)C(F)(F)F)C2)nc2c1c(=O)n(C)c(=O)n2-c1ccc(C)cc1. The highest BCUT2D eigenvalue weighted by molar-refractivity contribution is 5.78. The van der Waals surface area contributed by atoms with Gasteiger partial charge in [-0.15, -0.1) is 0 Å². The van der Waals surface area contributed by atoms with E-state index < -0.39 is 29.6 Å². The molecule has 1 aromatic carbocycles. The fraction of sp³-hybridized carbons (Fsp3) is 0.364. The molecule has 1 fully saturated rings. The van der Waals surface area contributed by atoms with Crippen LogP contribution in [-0.4, -0.2) is 56.7 Å². The Bertz CT molecular complexity index is 1470. The number of hydrogen-bond acceptors (Lipinski definition) is 7. The summed E-state index contributed by atoms with van der Waals surface area (Å²) in [7, 11) is 1.34. The first-order valence-electron chi connectivity index (χ1n) is 10.5. The Morgan fingerprint density at radius 3 is 2.54 bits per heavy atom. The predicted octanol–water partition coefficient (Wildman–Crippen LogP) is 0.864. The van der Waals surface area contributed by atoms with Gasteiger partial charge in [0.15, 0.2) is 17.4 Å². The Morgan fingerprint density at radius 1 is 1.23 bits per heavy atom. The molecule has 1 N–H and O–H groups in total. The zero-order valence-corrected chi connectivity index (χ0v) is 19.0. The molecule has 35 heavy (non-hydrogen) atoms. The van der Waals surface area contributed by atoms with E-state index in [0.717, 1.165) is 10.1 Å². The molecule has 1 unspecified atom stereocenters. The van der Waals surface area contributed by atoms with E-state index in [0.29, 0.717) is 5.69 Å². The molecule has 3 aromatic rings.